The maximum absolute atomic E-state index is 5.59. The molecule has 1 N–H and O–H groups in total. The summed E-state index contributed by atoms with van der Waals surface area (Å²) in [6.07, 6.45) is 1.05. The number of rotatable bonds is 5. The van der Waals surface area contributed by atoms with Crippen LogP contribution in [0.4, 0.5) is 0 Å². The molecule has 3 rings (SSSR count). The first-order valence-electron chi connectivity index (χ1n) is 7.05. The van der Waals surface area contributed by atoms with E-state index in [2.05, 4.69) is 41.7 Å². The molecule has 1 heterocycles. The summed E-state index contributed by atoms with van der Waals surface area (Å²) < 4.78 is 11.1. The van der Waals surface area contributed by atoms with Crippen LogP contribution < -0.4 is 14.8 Å². The van der Waals surface area contributed by atoms with E-state index in [4.69, 9.17) is 9.47 Å². The van der Waals surface area contributed by atoms with Gasteiger partial charge in [-0.1, -0.05) is 36.4 Å². The van der Waals surface area contributed by atoms with E-state index in [1.54, 1.807) is 0 Å². The third-order valence-electron chi connectivity index (χ3n) is 3.37. The maximum Gasteiger partial charge on any atom is 0.161 e. The summed E-state index contributed by atoms with van der Waals surface area (Å²) in [6, 6.07) is 16.7. The Balaban J connectivity index is 1.49. The normalized spacial score (nSPS) is 13.2. The highest BCUT2D eigenvalue weighted by molar-refractivity contribution is 5.43. The molecule has 0 radical (unpaired) electrons. The standard InChI is InChI=1S/C17H19NO2/c1-2-4-14(5-3-1)8-9-18-13-15-6-7-16-17(12-15)20-11-10-19-16/h1-7,12,18H,8-11,13H2. The summed E-state index contributed by atoms with van der Waals surface area (Å²) >= 11 is 0. The second-order valence-electron chi connectivity index (χ2n) is 4.89. The molecule has 0 aliphatic carbocycles. The van der Waals surface area contributed by atoms with Crippen LogP contribution in [0, 0.1) is 0 Å². The van der Waals surface area contributed by atoms with E-state index in [1.807, 2.05) is 12.1 Å². The predicted molar refractivity (Wildman–Crippen MR) is 79.3 cm³/mol. The molecule has 2 aromatic rings. The quantitative estimate of drug-likeness (QED) is 0.847. The monoisotopic (exact) mass is 269 g/mol. The number of ether oxygens (including phenoxy) is 2. The van der Waals surface area contributed by atoms with Crippen LogP contribution in [0.5, 0.6) is 11.5 Å². The molecule has 1 aliphatic heterocycles. The minimum absolute atomic E-state index is 0.637. The van der Waals surface area contributed by atoms with Crippen LogP contribution in [0.2, 0.25) is 0 Å². The van der Waals surface area contributed by atoms with Gasteiger partial charge in [0.25, 0.3) is 0 Å². The summed E-state index contributed by atoms with van der Waals surface area (Å²) in [4.78, 5) is 0. The number of hydrogen-bond donors (Lipinski definition) is 1. The van der Waals surface area contributed by atoms with Crippen LogP contribution in [0.25, 0.3) is 0 Å². The van der Waals surface area contributed by atoms with Crippen molar-refractivity contribution in [3.05, 3.63) is 59.7 Å². The highest BCUT2D eigenvalue weighted by atomic mass is 16.6. The molecular weight excluding hydrogens is 250 g/mol. The molecule has 1 aliphatic rings. The Labute approximate surface area is 119 Å². The predicted octanol–water partition coefficient (Wildman–Crippen LogP) is 2.79. The topological polar surface area (TPSA) is 30.5 Å². The fourth-order valence-corrected chi connectivity index (χ4v) is 2.31. The first kappa shape index (κ1) is 13.0. The lowest BCUT2D eigenvalue weighted by Crippen LogP contribution is -2.18. The van der Waals surface area contributed by atoms with Gasteiger partial charge in [0.2, 0.25) is 0 Å². The molecule has 3 heteroatoms. The summed E-state index contributed by atoms with van der Waals surface area (Å²) in [6.45, 7) is 3.10. The highest BCUT2D eigenvalue weighted by Gasteiger charge is 2.11. The lowest BCUT2D eigenvalue weighted by atomic mass is 10.1. The zero-order chi connectivity index (χ0) is 13.6. The molecule has 20 heavy (non-hydrogen) atoms. The first-order chi connectivity index (χ1) is 9.92. The number of hydrogen-bond acceptors (Lipinski definition) is 3. The van der Waals surface area contributed by atoms with Gasteiger partial charge in [0.1, 0.15) is 13.2 Å². The molecule has 3 nitrogen and oxygen atoms in total. The zero-order valence-electron chi connectivity index (χ0n) is 11.5. The minimum Gasteiger partial charge on any atom is -0.486 e. The van der Waals surface area contributed by atoms with Crippen LogP contribution in [0.3, 0.4) is 0 Å². The van der Waals surface area contributed by atoms with Crippen molar-refractivity contribution in [1.29, 1.82) is 0 Å². The molecule has 0 bridgehead atoms. The van der Waals surface area contributed by atoms with Crippen molar-refractivity contribution in [1.82, 2.24) is 5.32 Å². The lowest BCUT2D eigenvalue weighted by Gasteiger charge is -2.19. The van der Waals surface area contributed by atoms with Gasteiger partial charge in [0.05, 0.1) is 0 Å². The molecule has 2 aromatic carbocycles. The highest BCUT2D eigenvalue weighted by Crippen LogP contribution is 2.30. The molecule has 0 amide bonds. The van der Waals surface area contributed by atoms with Crippen molar-refractivity contribution in [3.63, 3.8) is 0 Å². The smallest absolute Gasteiger partial charge is 0.161 e. The number of nitrogens with one attached hydrogen (secondary N) is 1. The zero-order valence-corrected chi connectivity index (χ0v) is 11.5. The second-order valence-corrected chi connectivity index (χ2v) is 4.89. The Kier molecular flexibility index (Phi) is 4.19. The van der Waals surface area contributed by atoms with E-state index in [1.165, 1.54) is 11.1 Å². The third-order valence-corrected chi connectivity index (χ3v) is 3.37. The SMILES string of the molecule is c1ccc(CCNCc2ccc3c(c2)OCCO3)cc1. The molecule has 0 aromatic heterocycles. The van der Waals surface area contributed by atoms with E-state index < -0.39 is 0 Å². The van der Waals surface area contributed by atoms with E-state index in [0.717, 1.165) is 31.0 Å². The molecule has 0 saturated heterocycles. The van der Waals surface area contributed by atoms with Crippen molar-refractivity contribution < 1.29 is 9.47 Å². The molecule has 0 spiro atoms. The van der Waals surface area contributed by atoms with E-state index in [0.29, 0.717) is 13.2 Å². The van der Waals surface area contributed by atoms with Crippen LogP contribution in [0.15, 0.2) is 48.5 Å². The summed E-state index contributed by atoms with van der Waals surface area (Å²) in [5, 5.41) is 3.46. The van der Waals surface area contributed by atoms with Crippen molar-refractivity contribution in [2.45, 2.75) is 13.0 Å². The number of benzene rings is 2. The fraction of sp³-hybridized carbons (Fsp3) is 0.294. The average molecular weight is 269 g/mol. The molecule has 0 fully saturated rings. The molecule has 0 saturated carbocycles. The minimum atomic E-state index is 0.637. The Morgan fingerprint density at radius 3 is 2.50 bits per heavy atom. The van der Waals surface area contributed by atoms with Crippen LogP contribution >= 0.6 is 0 Å². The molecule has 0 unspecified atom stereocenters. The van der Waals surface area contributed by atoms with Gasteiger partial charge in [-0.05, 0) is 36.2 Å². The Morgan fingerprint density at radius 2 is 1.65 bits per heavy atom. The fourth-order valence-electron chi connectivity index (χ4n) is 2.31. The molecule has 0 atom stereocenters. The van der Waals surface area contributed by atoms with Gasteiger partial charge in [-0.2, -0.15) is 0 Å². The molecular formula is C17H19NO2. The van der Waals surface area contributed by atoms with Crippen molar-refractivity contribution in [2.24, 2.45) is 0 Å². The van der Waals surface area contributed by atoms with Gasteiger partial charge < -0.3 is 14.8 Å². The lowest BCUT2D eigenvalue weighted by molar-refractivity contribution is 0.171. The number of fused-ring (bicyclic) bond motifs is 1. The summed E-state index contributed by atoms with van der Waals surface area (Å²) in [5.41, 5.74) is 2.59. The van der Waals surface area contributed by atoms with E-state index in [9.17, 15) is 0 Å². The van der Waals surface area contributed by atoms with Gasteiger partial charge in [-0.25, -0.2) is 0 Å². The Morgan fingerprint density at radius 1 is 0.850 bits per heavy atom. The second kappa shape index (κ2) is 6.44. The van der Waals surface area contributed by atoms with Crippen molar-refractivity contribution >= 4 is 0 Å². The van der Waals surface area contributed by atoms with Crippen molar-refractivity contribution in [2.75, 3.05) is 19.8 Å². The van der Waals surface area contributed by atoms with Gasteiger partial charge >= 0.3 is 0 Å². The van der Waals surface area contributed by atoms with Gasteiger partial charge in [-0.3, -0.25) is 0 Å². The van der Waals surface area contributed by atoms with Crippen molar-refractivity contribution in [3.8, 4) is 11.5 Å². The largest absolute Gasteiger partial charge is 0.486 e. The summed E-state index contributed by atoms with van der Waals surface area (Å²) in [5.74, 6) is 1.71. The van der Waals surface area contributed by atoms with E-state index in [-0.39, 0.29) is 0 Å². The average Bonchev–Trinajstić information content (AvgIpc) is 2.52. The van der Waals surface area contributed by atoms with Crippen LogP contribution in [-0.4, -0.2) is 19.8 Å². The van der Waals surface area contributed by atoms with Gasteiger partial charge in [0, 0.05) is 6.54 Å². The van der Waals surface area contributed by atoms with Gasteiger partial charge in [-0.15, -0.1) is 0 Å². The molecule has 104 valence electrons. The van der Waals surface area contributed by atoms with Crippen LogP contribution in [-0.2, 0) is 13.0 Å². The van der Waals surface area contributed by atoms with Crippen LogP contribution in [0.1, 0.15) is 11.1 Å². The Bertz CT molecular complexity index is 554. The van der Waals surface area contributed by atoms with E-state index >= 15 is 0 Å². The first-order valence-corrected chi connectivity index (χ1v) is 7.05. The third kappa shape index (κ3) is 3.31. The Hall–Kier alpha value is -2.00. The van der Waals surface area contributed by atoms with Gasteiger partial charge in [0.15, 0.2) is 11.5 Å². The maximum atomic E-state index is 5.59. The summed E-state index contributed by atoms with van der Waals surface area (Å²) in [7, 11) is 0.